The Morgan fingerprint density at radius 1 is 1.45 bits per heavy atom. The van der Waals surface area contributed by atoms with E-state index in [-0.39, 0.29) is 12.1 Å². The lowest BCUT2D eigenvalue weighted by Gasteiger charge is -2.30. The van der Waals surface area contributed by atoms with Gasteiger partial charge >= 0.3 is 0 Å². The van der Waals surface area contributed by atoms with E-state index in [9.17, 15) is 0 Å². The van der Waals surface area contributed by atoms with Crippen molar-refractivity contribution in [3.63, 3.8) is 0 Å². The van der Waals surface area contributed by atoms with Crippen LogP contribution in [0.4, 0.5) is 0 Å². The van der Waals surface area contributed by atoms with Gasteiger partial charge in [-0.2, -0.15) is 0 Å². The molecule has 1 aromatic heterocycles. The third-order valence-corrected chi connectivity index (χ3v) is 4.04. The normalized spacial score (nSPS) is 19.6. The fraction of sp³-hybridized carbons (Fsp3) is 0.438. The number of aryl methyl sites for hydroxylation is 2. The van der Waals surface area contributed by atoms with Crippen LogP contribution in [0.5, 0.6) is 0 Å². The minimum Gasteiger partial charge on any atom is -0.372 e. The monoisotopic (exact) mass is 271 g/mol. The maximum Gasteiger partial charge on any atom is 0.108 e. The van der Waals surface area contributed by atoms with Crippen molar-refractivity contribution in [3.05, 3.63) is 53.6 Å². The first kappa shape index (κ1) is 13.3. The van der Waals surface area contributed by atoms with Gasteiger partial charge < -0.3 is 15.0 Å². The van der Waals surface area contributed by atoms with Crippen LogP contribution in [0.15, 0.2) is 36.7 Å². The zero-order valence-corrected chi connectivity index (χ0v) is 11.8. The molecule has 1 aliphatic rings. The Kier molecular flexibility index (Phi) is 3.85. The van der Waals surface area contributed by atoms with Crippen LogP contribution < -0.4 is 5.73 Å². The number of aromatic nitrogens is 2. The van der Waals surface area contributed by atoms with Crippen LogP contribution in [-0.4, -0.2) is 22.2 Å². The number of ether oxygens (including phenoxy) is 1. The number of nitrogens with zero attached hydrogens (tertiary/aromatic N) is 2. The van der Waals surface area contributed by atoms with Gasteiger partial charge in [0.15, 0.2) is 0 Å². The van der Waals surface area contributed by atoms with E-state index in [1.165, 1.54) is 11.1 Å². The van der Waals surface area contributed by atoms with Gasteiger partial charge in [-0.25, -0.2) is 4.98 Å². The Labute approximate surface area is 119 Å². The molecule has 2 atom stereocenters. The van der Waals surface area contributed by atoms with E-state index in [4.69, 9.17) is 10.5 Å². The van der Waals surface area contributed by atoms with Crippen molar-refractivity contribution in [1.82, 2.24) is 9.55 Å². The molecule has 1 aromatic carbocycles. The molecule has 0 fully saturated rings. The summed E-state index contributed by atoms with van der Waals surface area (Å²) >= 11 is 0. The summed E-state index contributed by atoms with van der Waals surface area (Å²) in [6, 6.07) is 8.47. The fourth-order valence-corrected chi connectivity index (χ4v) is 2.86. The minimum absolute atomic E-state index is 0.00755. The van der Waals surface area contributed by atoms with E-state index in [1.807, 2.05) is 24.0 Å². The number of fused-ring (bicyclic) bond motifs is 1. The zero-order chi connectivity index (χ0) is 13.9. The van der Waals surface area contributed by atoms with E-state index in [1.54, 1.807) is 0 Å². The maximum absolute atomic E-state index is 6.37. The topological polar surface area (TPSA) is 53.1 Å². The first-order chi connectivity index (χ1) is 9.75. The van der Waals surface area contributed by atoms with Crippen molar-refractivity contribution in [3.8, 4) is 0 Å². The fourth-order valence-electron chi connectivity index (χ4n) is 2.86. The second kappa shape index (κ2) is 5.77. The van der Waals surface area contributed by atoms with Gasteiger partial charge in [-0.15, -0.1) is 0 Å². The number of hydrogen-bond donors (Lipinski definition) is 1. The maximum atomic E-state index is 6.37. The number of rotatable bonds is 4. The Morgan fingerprint density at radius 3 is 3.10 bits per heavy atom. The number of hydrogen-bond acceptors (Lipinski definition) is 3. The minimum atomic E-state index is 0.00755. The lowest BCUT2D eigenvalue weighted by Crippen LogP contribution is -2.34. The summed E-state index contributed by atoms with van der Waals surface area (Å²) in [7, 11) is 2.01. The number of benzene rings is 1. The average Bonchev–Trinajstić information content (AvgIpc) is 2.89. The predicted octanol–water partition coefficient (Wildman–Crippen LogP) is 1.99. The molecule has 1 aliphatic heterocycles. The highest BCUT2D eigenvalue weighted by Gasteiger charge is 2.26. The zero-order valence-electron chi connectivity index (χ0n) is 11.8. The molecule has 0 saturated carbocycles. The summed E-state index contributed by atoms with van der Waals surface area (Å²) in [5, 5.41) is 0. The summed E-state index contributed by atoms with van der Waals surface area (Å²) in [6.45, 7) is 0.762. The van der Waals surface area contributed by atoms with Gasteiger partial charge in [-0.3, -0.25) is 0 Å². The molecule has 0 radical (unpaired) electrons. The average molecular weight is 271 g/mol. The molecular weight excluding hydrogens is 250 g/mol. The van der Waals surface area contributed by atoms with Crippen molar-refractivity contribution < 1.29 is 4.74 Å². The smallest absolute Gasteiger partial charge is 0.108 e. The summed E-state index contributed by atoms with van der Waals surface area (Å²) in [4.78, 5) is 4.34. The summed E-state index contributed by atoms with van der Waals surface area (Å²) in [5.41, 5.74) is 9.00. The quantitative estimate of drug-likeness (QED) is 0.925. The molecule has 106 valence electrons. The molecule has 0 bridgehead atoms. The Morgan fingerprint density at radius 2 is 2.30 bits per heavy atom. The first-order valence-corrected chi connectivity index (χ1v) is 7.17. The Hall–Kier alpha value is -1.65. The molecule has 2 heterocycles. The number of imidazole rings is 1. The lowest BCUT2D eigenvalue weighted by atomic mass is 9.91. The third-order valence-electron chi connectivity index (χ3n) is 4.04. The van der Waals surface area contributed by atoms with Gasteiger partial charge in [0.2, 0.25) is 0 Å². The van der Waals surface area contributed by atoms with Crippen LogP contribution in [0.25, 0.3) is 0 Å². The SMILES string of the molecule is Cn1ccnc1CCC(N)C1OCCc2ccccc21. The standard InChI is InChI=1S/C16H21N3O/c1-19-10-9-18-15(19)7-6-14(17)16-13-5-3-2-4-12(13)8-11-20-16/h2-5,9-10,14,16H,6-8,11,17H2,1H3. The van der Waals surface area contributed by atoms with Crippen molar-refractivity contribution >= 4 is 0 Å². The van der Waals surface area contributed by atoms with Gasteiger partial charge in [0.05, 0.1) is 12.7 Å². The Bertz CT molecular complexity index is 579. The highest BCUT2D eigenvalue weighted by atomic mass is 16.5. The summed E-state index contributed by atoms with van der Waals surface area (Å²) < 4.78 is 7.96. The molecule has 20 heavy (non-hydrogen) atoms. The van der Waals surface area contributed by atoms with Crippen LogP contribution >= 0.6 is 0 Å². The van der Waals surface area contributed by atoms with Crippen molar-refractivity contribution in [1.29, 1.82) is 0 Å². The lowest BCUT2D eigenvalue weighted by molar-refractivity contribution is 0.0227. The van der Waals surface area contributed by atoms with Gasteiger partial charge in [-0.05, 0) is 24.0 Å². The van der Waals surface area contributed by atoms with Crippen LogP contribution in [0.2, 0.25) is 0 Å². The Balaban J connectivity index is 1.69. The van der Waals surface area contributed by atoms with Crippen molar-refractivity contribution in [2.24, 2.45) is 12.8 Å². The molecule has 0 aliphatic carbocycles. The van der Waals surface area contributed by atoms with E-state index in [0.29, 0.717) is 0 Å². The molecule has 3 rings (SSSR count). The van der Waals surface area contributed by atoms with Crippen LogP contribution in [0, 0.1) is 0 Å². The molecule has 4 nitrogen and oxygen atoms in total. The van der Waals surface area contributed by atoms with Crippen LogP contribution in [0.1, 0.15) is 29.5 Å². The third kappa shape index (κ3) is 2.62. The van der Waals surface area contributed by atoms with Gasteiger partial charge in [0, 0.05) is 31.9 Å². The second-order valence-corrected chi connectivity index (χ2v) is 5.40. The van der Waals surface area contributed by atoms with E-state index in [0.717, 1.165) is 31.7 Å². The molecule has 0 spiro atoms. The summed E-state index contributed by atoms with van der Waals surface area (Å²) in [6.07, 6.45) is 6.55. The molecule has 0 amide bonds. The van der Waals surface area contributed by atoms with E-state index >= 15 is 0 Å². The largest absolute Gasteiger partial charge is 0.372 e. The molecule has 2 unspecified atom stereocenters. The van der Waals surface area contributed by atoms with E-state index in [2.05, 4.69) is 29.2 Å². The van der Waals surface area contributed by atoms with E-state index < -0.39 is 0 Å². The highest BCUT2D eigenvalue weighted by molar-refractivity contribution is 5.31. The van der Waals surface area contributed by atoms with Gasteiger partial charge in [0.1, 0.15) is 5.82 Å². The van der Waals surface area contributed by atoms with Crippen LogP contribution in [0.3, 0.4) is 0 Å². The predicted molar refractivity (Wildman–Crippen MR) is 78.3 cm³/mol. The second-order valence-electron chi connectivity index (χ2n) is 5.40. The van der Waals surface area contributed by atoms with Crippen molar-refractivity contribution in [2.75, 3.05) is 6.61 Å². The van der Waals surface area contributed by atoms with Gasteiger partial charge in [-0.1, -0.05) is 24.3 Å². The summed E-state index contributed by atoms with van der Waals surface area (Å²) in [5.74, 6) is 1.07. The molecule has 4 heteroatoms. The molecular formula is C16H21N3O. The number of nitrogens with two attached hydrogens (primary N) is 1. The highest BCUT2D eigenvalue weighted by Crippen LogP contribution is 2.30. The van der Waals surface area contributed by atoms with Crippen LogP contribution in [-0.2, 0) is 24.6 Å². The van der Waals surface area contributed by atoms with Gasteiger partial charge in [0.25, 0.3) is 0 Å². The molecule has 0 saturated heterocycles. The first-order valence-electron chi connectivity index (χ1n) is 7.17. The van der Waals surface area contributed by atoms with Crippen molar-refractivity contribution in [2.45, 2.75) is 31.4 Å². The molecule has 2 aromatic rings. The molecule has 2 N–H and O–H groups in total.